The first kappa shape index (κ1) is 15.6. The van der Waals surface area contributed by atoms with Gasteiger partial charge >= 0.3 is 5.97 Å². The summed E-state index contributed by atoms with van der Waals surface area (Å²) < 4.78 is 1.10. The summed E-state index contributed by atoms with van der Waals surface area (Å²) in [7, 11) is 0. The number of nitrogens with one attached hydrogen (secondary N) is 1. The van der Waals surface area contributed by atoms with Gasteiger partial charge in [-0.15, -0.1) is 0 Å². The zero-order chi connectivity index (χ0) is 16.6. The molecule has 23 heavy (non-hydrogen) atoms. The number of aliphatic carboxylic acids is 1. The largest absolute Gasteiger partial charge is 0.480 e. The molecule has 6 nitrogen and oxygen atoms in total. The molecule has 2 heterocycles. The molecule has 0 aliphatic carbocycles. The molecule has 0 unspecified atom stereocenters. The predicted octanol–water partition coefficient (Wildman–Crippen LogP) is 2.64. The molecular weight excluding hydrogens is 318 g/mol. The van der Waals surface area contributed by atoms with E-state index in [1.807, 2.05) is 31.2 Å². The zero-order valence-corrected chi connectivity index (χ0v) is 13.2. The van der Waals surface area contributed by atoms with Gasteiger partial charge in [-0.25, -0.2) is 4.98 Å². The van der Waals surface area contributed by atoms with Crippen molar-refractivity contribution in [1.29, 1.82) is 0 Å². The van der Waals surface area contributed by atoms with E-state index in [4.69, 9.17) is 16.7 Å². The van der Waals surface area contributed by atoms with Crippen LogP contribution in [0.15, 0.2) is 35.4 Å². The Morgan fingerprint density at radius 3 is 2.78 bits per heavy atom. The van der Waals surface area contributed by atoms with Crippen molar-refractivity contribution in [1.82, 2.24) is 9.55 Å². The van der Waals surface area contributed by atoms with E-state index in [1.165, 1.54) is 6.33 Å². The molecule has 1 aliphatic rings. The van der Waals surface area contributed by atoms with E-state index in [0.717, 1.165) is 16.6 Å². The molecule has 1 aliphatic heterocycles. The normalized spacial score (nSPS) is 19.7. The Balaban J connectivity index is 1.98. The molecule has 0 amide bonds. The Kier molecular flexibility index (Phi) is 4.09. The predicted molar refractivity (Wildman–Crippen MR) is 87.0 cm³/mol. The standard InChI is InChI=1S/C16H16ClN3O3/c1-9-6-12(10-2-4-11(17)5-3-10)19-15-14(9)18-8-20(16(15)23)7-13(21)22/h2-5,8-9,12,19H,6-7H2,1H3,(H,21,22)/t9-,12-/m0/s1. The summed E-state index contributed by atoms with van der Waals surface area (Å²) in [5.74, 6) is -0.980. The van der Waals surface area contributed by atoms with Crippen LogP contribution in [0.3, 0.4) is 0 Å². The molecule has 1 aromatic carbocycles. The van der Waals surface area contributed by atoms with E-state index >= 15 is 0 Å². The topological polar surface area (TPSA) is 84.2 Å². The number of rotatable bonds is 3. The zero-order valence-electron chi connectivity index (χ0n) is 12.5. The van der Waals surface area contributed by atoms with Crippen molar-refractivity contribution in [3.8, 4) is 0 Å². The highest BCUT2D eigenvalue weighted by Gasteiger charge is 2.28. The lowest BCUT2D eigenvalue weighted by atomic mass is 9.89. The Morgan fingerprint density at radius 2 is 2.13 bits per heavy atom. The molecule has 120 valence electrons. The van der Waals surface area contributed by atoms with Crippen LogP contribution in [0.5, 0.6) is 0 Å². The van der Waals surface area contributed by atoms with Crippen molar-refractivity contribution in [2.45, 2.75) is 31.8 Å². The van der Waals surface area contributed by atoms with Gasteiger partial charge in [0.15, 0.2) is 0 Å². The molecule has 1 aromatic heterocycles. The molecule has 0 saturated heterocycles. The van der Waals surface area contributed by atoms with Crippen LogP contribution in [0.25, 0.3) is 0 Å². The molecule has 0 saturated carbocycles. The van der Waals surface area contributed by atoms with Gasteiger partial charge in [0.05, 0.1) is 18.1 Å². The van der Waals surface area contributed by atoms with Crippen LogP contribution in [-0.2, 0) is 11.3 Å². The van der Waals surface area contributed by atoms with Gasteiger partial charge in [-0.2, -0.15) is 0 Å². The molecular formula is C16H16ClN3O3. The number of halogens is 1. The molecule has 2 N–H and O–H groups in total. The Hall–Kier alpha value is -2.34. The maximum atomic E-state index is 12.5. The fourth-order valence-electron chi connectivity index (χ4n) is 2.88. The van der Waals surface area contributed by atoms with E-state index in [1.54, 1.807) is 0 Å². The van der Waals surface area contributed by atoms with E-state index in [-0.39, 0.29) is 17.5 Å². The minimum atomic E-state index is -1.08. The van der Waals surface area contributed by atoms with Crippen molar-refractivity contribution in [3.63, 3.8) is 0 Å². The van der Waals surface area contributed by atoms with Gasteiger partial charge in [0, 0.05) is 10.9 Å². The van der Waals surface area contributed by atoms with Gasteiger partial charge < -0.3 is 10.4 Å². The van der Waals surface area contributed by atoms with Gasteiger partial charge in [0.25, 0.3) is 5.56 Å². The maximum absolute atomic E-state index is 12.5. The summed E-state index contributed by atoms with van der Waals surface area (Å²) in [6.45, 7) is 1.61. The minimum Gasteiger partial charge on any atom is -0.480 e. The van der Waals surface area contributed by atoms with E-state index in [2.05, 4.69) is 10.3 Å². The average Bonchev–Trinajstić information content (AvgIpc) is 2.50. The van der Waals surface area contributed by atoms with Crippen LogP contribution in [0, 0.1) is 0 Å². The lowest BCUT2D eigenvalue weighted by Crippen LogP contribution is -2.33. The first-order chi connectivity index (χ1) is 11.0. The van der Waals surface area contributed by atoms with Crippen LogP contribution in [0.2, 0.25) is 5.02 Å². The molecule has 7 heteroatoms. The van der Waals surface area contributed by atoms with Crippen molar-refractivity contribution < 1.29 is 9.90 Å². The van der Waals surface area contributed by atoms with Crippen LogP contribution in [0.4, 0.5) is 5.69 Å². The molecule has 0 spiro atoms. The third kappa shape index (κ3) is 3.07. The van der Waals surface area contributed by atoms with Gasteiger partial charge in [0.2, 0.25) is 0 Å². The Morgan fingerprint density at radius 1 is 1.43 bits per heavy atom. The van der Waals surface area contributed by atoms with Crippen molar-refractivity contribution in [2.75, 3.05) is 5.32 Å². The highest BCUT2D eigenvalue weighted by Crippen LogP contribution is 2.37. The fraction of sp³-hybridized carbons (Fsp3) is 0.312. The molecule has 0 radical (unpaired) electrons. The number of carboxylic acid groups (broad SMARTS) is 1. The number of carbonyl (C=O) groups is 1. The molecule has 3 rings (SSSR count). The van der Waals surface area contributed by atoms with Crippen molar-refractivity contribution >= 4 is 23.3 Å². The lowest BCUT2D eigenvalue weighted by Gasteiger charge is -2.30. The number of hydrogen-bond acceptors (Lipinski definition) is 4. The van der Waals surface area contributed by atoms with Crippen LogP contribution >= 0.6 is 11.6 Å². The highest BCUT2D eigenvalue weighted by molar-refractivity contribution is 6.30. The number of hydrogen-bond donors (Lipinski definition) is 2. The van der Waals surface area contributed by atoms with Crippen molar-refractivity contribution in [3.05, 3.63) is 57.2 Å². The van der Waals surface area contributed by atoms with Gasteiger partial charge in [-0.3, -0.25) is 14.2 Å². The Bertz CT molecular complexity index is 801. The van der Waals surface area contributed by atoms with Crippen LogP contribution in [0.1, 0.15) is 36.6 Å². The monoisotopic (exact) mass is 333 g/mol. The molecule has 2 atom stereocenters. The number of anilines is 1. The number of aromatic nitrogens is 2. The number of carboxylic acids is 1. The smallest absolute Gasteiger partial charge is 0.323 e. The van der Waals surface area contributed by atoms with Crippen LogP contribution in [-0.4, -0.2) is 20.6 Å². The summed E-state index contributed by atoms with van der Waals surface area (Å²) in [5, 5.41) is 12.8. The van der Waals surface area contributed by atoms with Crippen molar-refractivity contribution in [2.24, 2.45) is 0 Å². The summed E-state index contributed by atoms with van der Waals surface area (Å²) in [4.78, 5) is 27.6. The molecule has 2 aromatic rings. The van der Waals surface area contributed by atoms with Gasteiger partial charge in [-0.05, 0) is 24.1 Å². The third-order valence-corrected chi connectivity index (χ3v) is 4.27. The SMILES string of the molecule is C[C@H]1C[C@@H](c2ccc(Cl)cc2)Nc2c1ncn(CC(=O)O)c2=O. The summed E-state index contributed by atoms with van der Waals surface area (Å²) in [6.07, 6.45) is 2.10. The van der Waals surface area contributed by atoms with E-state index in [9.17, 15) is 9.59 Å². The Labute approximate surface area is 137 Å². The first-order valence-corrected chi connectivity index (χ1v) is 7.66. The second kappa shape index (κ2) is 6.04. The second-order valence-corrected chi connectivity index (χ2v) is 6.15. The lowest BCUT2D eigenvalue weighted by molar-refractivity contribution is -0.137. The minimum absolute atomic E-state index is 0.0371. The summed E-state index contributed by atoms with van der Waals surface area (Å²) in [5.41, 5.74) is 1.73. The van der Waals surface area contributed by atoms with Gasteiger partial charge in [-0.1, -0.05) is 30.7 Å². The second-order valence-electron chi connectivity index (χ2n) is 5.72. The number of nitrogens with zero attached hydrogens (tertiary/aromatic N) is 2. The molecule has 0 fully saturated rings. The summed E-state index contributed by atoms with van der Waals surface area (Å²) >= 11 is 5.92. The first-order valence-electron chi connectivity index (χ1n) is 7.29. The highest BCUT2D eigenvalue weighted by atomic mass is 35.5. The fourth-order valence-corrected chi connectivity index (χ4v) is 3.01. The third-order valence-electron chi connectivity index (χ3n) is 4.02. The van der Waals surface area contributed by atoms with E-state index in [0.29, 0.717) is 16.4 Å². The quantitative estimate of drug-likeness (QED) is 0.902. The summed E-state index contributed by atoms with van der Waals surface area (Å²) in [6, 6.07) is 7.42. The number of benzene rings is 1. The maximum Gasteiger partial charge on any atom is 0.323 e. The van der Waals surface area contributed by atoms with Gasteiger partial charge in [0.1, 0.15) is 12.2 Å². The van der Waals surface area contributed by atoms with Crippen LogP contribution < -0.4 is 10.9 Å². The molecule has 0 bridgehead atoms. The van der Waals surface area contributed by atoms with E-state index < -0.39 is 12.5 Å². The number of fused-ring (bicyclic) bond motifs is 1. The average molecular weight is 334 g/mol.